The number of carbonyl (C=O) groups is 1. The van der Waals surface area contributed by atoms with Gasteiger partial charge < -0.3 is 21.7 Å². The van der Waals surface area contributed by atoms with Crippen molar-refractivity contribution in [3.63, 3.8) is 0 Å². The molecule has 0 unspecified atom stereocenters. The number of H-pyrrole nitrogens is 1. The highest BCUT2D eigenvalue weighted by molar-refractivity contribution is 7.09. The van der Waals surface area contributed by atoms with E-state index < -0.39 is 0 Å². The molecular formula is C6H8BrNO2S. The Morgan fingerprint density at radius 3 is 3.00 bits per heavy atom. The second kappa shape index (κ2) is 5.26. The maximum Gasteiger partial charge on any atom is 0.317 e. The van der Waals surface area contributed by atoms with Crippen LogP contribution in [0.2, 0.25) is 0 Å². The SMILES string of the molecule is COC(=O)Cc1[nH+]ccs1.[Br-]. The molecule has 11 heavy (non-hydrogen) atoms. The van der Waals surface area contributed by atoms with Crippen LogP contribution in [0.15, 0.2) is 11.6 Å². The van der Waals surface area contributed by atoms with E-state index in [1.165, 1.54) is 18.4 Å². The predicted molar refractivity (Wildman–Crippen MR) is 36.6 cm³/mol. The van der Waals surface area contributed by atoms with Gasteiger partial charge in [0, 0.05) is 0 Å². The molecule has 0 aromatic carbocycles. The fourth-order valence-corrected chi connectivity index (χ4v) is 1.21. The fourth-order valence-electron chi connectivity index (χ4n) is 0.573. The summed E-state index contributed by atoms with van der Waals surface area (Å²) in [5.41, 5.74) is 0. The molecule has 0 aliphatic carbocycles. The topological polar surface area (TPSA) is 40.4 Å². The average Bonchev–Trinajstić information content (AvgIpc) is 2.40. The third-order valence-electron chi connectivity index (χ3n) is 1.06. The van der Waals surface area contributed by atoms with Crippen molar-refractivity contribution in [1.82, 2.24) is 0 Å². The summed E-state index contributed by atoms with van der Waals surface area (Å²) in [6.07, 6.45) is 2.14. The Balaban J connectivity index is 0.000001000. The van der Waals surface area contributed by atoms with Crippen molar-refractivity contribution in [2.75, 3.05) is 7.11 Å². The zero-order chi connectivity index (χ0) is 7.40. The molecule has 0 amide bonds. The van der Waals surface area contributed by atoms with E-state index >= 15 is 0 Å². The molecule has 0 bridgehead atoms. The Morgan fingerprint density at radius 1 is 1.82 bits per heavy atom. The van der Waals surface area contributed by atoms with Crippen molar-refractivity contribution in [2.45, 2.75) is 6.42 Å². The second-order valence-electron chi connectivity index (χ2n) is 1.74. The van der Waals surface area contributed by atoms with Gasteiger partial charge in [-0.25, -0.2) is 4.98 Å². The highest BCUT2D eigenvalue weighted by Crippen LogP contribution is 2.00. The lowest BCUT2D eigenvalue weighted by atomic mass is 10.5. The molecular weight excluding hydrogens is 230 g/mol. The lowest BCUT2D eigenvalue weighted by Gasteiger charge is -1.89. The summed E-state index contributed by atoms with van der Waals surface area (Å²) in [6.45, 7) is 0. The summed E-state index contributed by atoms with van der Waals surface area (Å²) in [6, 6.07) is 0. The van der Waals surface area contributed by atoms with Gasteiger partial charge in [0.05, 0.1) is 12.5 Å². The number of aromatic nitrogens is 1. The number of methoxy groups -OCH3 is 1. The predicted octanol–water partition coefficient (Wildman–Crippen LogP) is -2.72. The Hall–Kier alpha value is -0.420. The van der Waals surface area contributed by atoms with Crippen LogP contribution in [-0.2, 0) is 16.0 Å². The Bertz CT molecular complexity index is 212. The summed E-state index contributed by atoms with van der Waals surface area (Å²) < 4.78 is 4.47. The smallest absolute Gasteiger partial charge is 0.317 e. The zero-order valence-corrected chi connectivity index (χ0v) is 8.37. The van der Waals surface area contributed by atoms with Gasteiger partial charge in [0.25, 0.3) is 0 Å². The summed E-state index contributed by atoms with van der Waals surface area (Å²) in [5.74, 6) is -0.210. The molecule has 0 saturated heterocycles. The van der Waals surface area contributed by atoms with E-state index in [0.717, 1.165) is 5.01 Å². The van der Waals surface area contributed by atoms with E-state index in [9.17, 15) is 4.79 Å². The van der Waals surface area contributed by atoms with Crippen LogP contribution in [-0.4, -0.2) is 13.1 Å². The van der Waals surface area contributed by atoms with Crippen molar-refractivity contribution in [3.05, 3.63) is 16.6 Å². The van der Waals surface area contributed by atoms with Crippen molar-refractivity contribution < 1.29 is 31.5 Å². The molecule has 0 aliphatic rings. The molecule has 0 saturated carbocycles. The van der Waals surface area contributed by atoms with Gasteiger partial charge in [-0.15, -0.1) is 0 Å². The van der Waals surface area contributed by atoms with Crippen LogP contribution in [0.3, 0.4) is 0 Å². The molecule has 1 aromatic rings. The molecule has 0 radical (unpaired) electrons. The van der Waals surface area contributed by atoms with Gasteiger partial charge in [0.2, 0.25) is 5.01 Å². The molecule has 0 fully saturated rings. The summed E-state index contributed by atoms with van der Waals surface area (Å²) in [4.78, 5) is 13.6. The third kappa shape index (κ3) is 3.48. The number of thiazole rings is 1. The van der Waals surface area contributed by atoms with E-state index in [2.05, 4.69) is 9.72 Å². The number of esters is 1. The van der Waals surface area contributed by atoms with E-state index in [0.29, 0.717) is 6.42 Å². The van der Waals surface area contributed by atoms with E-state index in [1.54, 1.807) is 6.20 Å². The second-order valence-corrected chi connectivity index (χ2v) is 2.74. The van der Waals surface area contributed by atoms with Gasteiger partial charge in [-0.3, -0.25) is 4.79 Å². The minimum atomic E-state index is -0.210. The highest BCUT2D eigenvalue weighted by Gasteiger charge is 2.08. The largest absolute Gasteiger partial charge is 1.00 e. The molecule has 5 heteroatoms. The average molecular weight is 238 g/mol. The molecule has 1 aromatic heterocycles. The number of carbonyl (C=O) groups excluding carboxylic acids is 1. The Morgan fingerprint density at radius 2 is 2.55 bits per heavy atom. The lowest BCUT2D eigenvalue weighted by molar-refractivity contribution is -0.381. The van der Waals surface area contributed by atoms with Gasteiger partial charge in [-0.05, 0) is 0 Å². The monoisotopic (exact) mass is 237 g/mol. The molecule has 1 N–H and O–H groups in total. The number of aromatic amines is 1. The van der Waals surface area contributed by atoms with Crippen molar-refractivity contribution >= 4 is 17.3 Å². The zero-order valence-electron chi connectivity index (χ0n) is 5.96. The fraction of sp³-hybridized carbons (Fsp3) is 0.333. The molecule has 0 spiro atoms. The lowest BCUT2D eigenvalue weighted by Crippen LogP contribution is -3.00. The van der Waals surface area contributed by atoms with E-state index in [-0.39, 0.29) is 23.0 Å². The van der Waals surface area contributed by atoms with Crippen LogP contribution in [0.25, 0.3) is 0 Å². The molecule has 3 nitrogen and oxygen atoms in total. The Labute approximate surface area is 79.2 Å². The first-order valence-corrected chi connectivity index (χ1v) is 3.72. The van der Waals surface area contributed by atoms with Crippen LogP contribution >= 0.6 is 11.3 Å². The minimum Gasteiger partial charge on any atom is -1.00 e. The molecule has 1 rings (SSSR count). The summed E-state index contributed by atoms with van der Waals surface area (Å²) in [5, 5.41) is 2.81. The first-order chi connectivity index (χ1) is 4.83. The molecule has 1 heterocycles. The number of hydrogen-bond acceptors (Lipinski definition) is 3. The number of hydrogen-bond donors (Lipinski definition) is 0. The van der Waals surface area contributed by atoms with Gasteiger partial charge in [0.1, 0.15) is 6.42 Å². The maximum absolute atomic E-state index is 10.6. The normalized spacial score (nSPS) is 8.45. The van der Waals surface area contributed by atoms with Crippen LogP contribution in [0.5, 0.6) is 0 Å². The van der Waals surface area contributed by atoms with Crippen molar-refractivity contribution in [2.24, 2.45) is 0 Å². The third-order valence-corrected chi connectivity index (χ3v) is 1.87. The summed E-state index contributed by atoms with van der Waals surface area (Å²) in [7, 11) is 1.38. The van der Waals surface area contributed by atoms with Gasteiger partial charge in [0.15, 0.2) is 6.20 Å². The van der Waals surface area contributed by atoms with E-state index in [1.807, 2.05) is 5.38 Å². The Kier molecular flexibility index (Phi) is 5.06. The number of nitrogens with one attached hydrogen (secondary N) is 1. The van der Waals surface area contributed by atoms with Gasteiger partial charge in [-0.1, -0.05) is 11.3 Å². The first-order valence-electron chi connectivity index (χ1n) is 2.84. The van der Waals surface area contributed by atoms with Crippen LogP contribution in [0.4, 0.5) is 0 Å². The van der Waals surface area contributed by atoms with E-state index in [4.69, 9.17) is 0 Å². The summed E-state index contributed by atoms with van der Waals surface area (Å²) >= 11 is 1.51. The maximum atomic E-state index is 10.6. The van der Waals surface area contributed by atoms with Crippen LogP contribution < -0.4 is 22.0 Å². The highest BCUT2D eigenvalue weighted by atomic mass is 79.9. The van der Waals surface area contributed by atoms with Gasteiger partial charge in [-0.2, -0.15) is 0 Å². The molecule has 0 atom stereocenters. The standard InChI is InChI=1S/C6H7NO2S.BrH/c1-9-6(8)4-5-7-2-3-10-5;/h2-3H,4H2,1H3;1H. The molecule has 62 valence electrons. The number of ether oxygens (including phenoxy) is 1. The van der Waals surface area contributed by atoms with Crippen molar-refractivity contribution in [1.29, 1.82) is 0 Å². The first kappa shape index (κ1) is 10.6. The number of rotatable bonds is 2. The number of halogens is 1. The quantitative estimate of drug-likeness (QED) is 0.525. The van der Waals surface area contributed by atoms with Crippen LogP contribution in [0, 0.1) is 0 Å². The molecule has 0 aliphatic heterocycles. The van der Waals surface area contributed by atoms with Crippen LogP contribution in [0.1, 0.15) is 5.01 Å². The van der Waals surface area contributed by atoms with Crippen molar-refractivity contribution in [3.8, 4) is 0 Å². The minimum absolute atomic E-state index is 0. The van der Waals surface area contributed by atoms with Gasteiger partial charge >= 0.3 is 5.97 Å².